The Bertz CT molecular complexity index is 677. The number of Topliss-reactive ketones (excluding diaryl/α,β-unsaturated/α-hetero) is 1. The molecule has 0 bridgehead atoms. The summed E-state index contributed by atoms with van der Waals surface area (Å²) in [5, 5.41) is 14.6. The van der Waals surface area contributed by atoms with E-state index in [1.54, 1.807) is 17.8 Å². The zero-order valence-corrected chi connectivity index (χ0v) is 15.6. The van der Waals surface area contributed by atoms with E-state index >= 15 is 0 Å². The molecule has 25 heavy (non-hydrogen) atoms. The van der Waals surface area contributed by atoms with Gasteiger partial charge in [0, 0.05) is 17.7 Å². The first-order chi connectivity index (χ1) is 12.1. The number of benzene rings is 1. The molecular formula is C20H25NO3S. The molecule has 1 atom stereocenters. The van der Waals surface area contributed by atoms with Crippen LogP contribution in [0, 0.1) is 0 Å². The lowest BCUT2D eigenvalue weighted by atomic mass is 9.81. The Morgan fingerprint density at radius 3 is 2.68 bits per heavy atom. The van der Waals surface area contributed by atoms with Crippen LogP contribution in [0.2, 0.25) is 0 Å². The maximum absolute atomic E-state index is 12.7. The Morgan fingerprint density at radius 1 is 1.40 bits per heavy atom. The number of oxime groups is 1. The zero-order chi connectivity index (χ0) is 18.2. The molecule has 1 aromatic carbocycles. The Hall–Kier alpha value is -2.01. The molecular weight excluding hydrogens is 334 g/mol. The summed E-state index contributed by atoms with van der Waals surface area (Å²) in [7, 11) is 0. The van der Waals surface area contributed by atoms with Crippen molar-refractivity contribution >= 4 is 23.3 Å². The number of carbonyl (C=O) groups is 1. The van der Waals surface area contributed by atoms with Gasteiger partial charge in [0.05, 0.1) is 11.3 Å². The lowest BCUT2D eigenvalue weighted by Gasteiger charge is -2.24. The predicted octanol–water partition coefficient (Wildman–Crippen LogP) is 5.03. The Morgan fingerprint density at radius 2 is 2.12 bits per heavy atom. The molecule has 0 amide bonds. The van der Waals surface area contributed by atoms with Crippen LogP contribution in [0.15, 0.2) is 58.3 Å². The molecule has 0 heterocycles. The number of rotatable bonds is 8. The molecule has 5 heteroatoms. The van der Waals surface area contributed by atoms with Crippen LogP contribution in [-0.2, 0) is 9.63 Å². The van der Waals surface area contributed by atoms with Crippen molar-refractivity contribution in [3.63, 3.8) is 0 Å². The molecule has 1 aliphatic carbocycles. The van der Waals surface area contributed by atoms with Crippen LogP contribution in [-0.4, -0.2) is 29.5 Å². The average molecular weight is 359 g/mol. The zero-order valence-electron chi connectivity index (χ0n) is 14.8. The summed E-state index contributed by atoms with van der Waals surface area (Å²) in [5.74, 6) is 0.0471. The van der Waals surface area contributed by atoms with E-state index in [2.05, 4.69) is 11.7 Å². The molecule has 0 aliphatic heterocycles. The number of hydrogen-bond donors (Lipinski definition) is 1. The second kappa shape index (κ2) is 9.47. The van der Waals surface area contributed by atoms with Gasteiger partial charge < -0.3 is 9.94 Å². The largest absolute Gasteiger partial charge is 0.511 e. The molecule has 0 radical (unpaired) electrons. The van der Waals surface area contributed by atoms with Crippen LogP contribution < -0.4 is 0 Å². The first-order valence-corrected chi connectivity index (χ1v) is 9.72. The summed E-state index contributed by atoms with van der Waals surface area (Å²) in [6.45, 7) is 5.86. The summed E-state index contributed by atoms with van der Waals surface area (Å²) in [5.41, 5.74) is 1.94. The van der Waals surface area contributed by atoms with Crippen LogP contribution in [0.1, 0.15) is 44.1 Å². The standard InChI is InChI=1S/C20H25NO3S/c1-4-6-17(21-24-11-5-2)20-18(22)12-15(13-19(20)23)14-7-9-16(25-3)10-8-14/h5,7-10,15,22H,2,4,6,11-13H2,1,3H3. The van der Waals surface area contributed by atoms with Crippen molar-refractivity contribution in [3.05, 3.63) is 53.8 Å². The monoisotopic (exact) mass is 359 g/mol. The van der Waals surface area contributed by atoms with E-state index in [9.17, 15) is 9.90 Å². The first kappa shape index (κ1) is 19.3. The first-order valence-electron chi connectivity index (χ1n) is 8.50. The van der Waals surface area contributed by atoms with E-state index in [1.165, 1.54) is 4.90 Å². The highest BCUT2D eigenvalue weighted by atomic mass is 32.2. The van der Waals surface area contributed by atoms with E-state index < -0.39 is 0 Å². The maximum Gasteiger partial charge on any atom is 0.168 e. The Labute approximate surface area is 153 Å². The summed E-state index contributed by atoms with van der Waals surface area (Å²) in [6.07, 6.45) is 5.86. The highest BCUT2D eigenvalue weighted by Gasteiger charge is 2.31. The van der Waals surface area contributed by atoms with E-state index in [0.717, 1.165) is 12.0 Å². The molecule has 1 aliphatic rings. The van der Waals surface area contributed by atoms with Crippen molar-refractivity contribution in [1.82, 2.24) is 0 Å². The fourth-order valence-electron chi connectivity index (χ4n) is 2.95. The SMILES string of the molecule is C=CCON=C(CCC)C1=C(O)CC(c2ccc(SC)cc2)CC1=O. The number of carbonyl (C=O) groups excluding carboxylic acids is 1. The van der Waals surface area contributed by atoms with Gasteiger partial charge in [-0.25, -0.2) is 0 Å². The number of nitrogens with zero attached hydrogens (tertiary/aromatic N) is 1. The van der Waals surface area contributed by atoms with Crippen molar-refractivity contribution in [2.24, 2.45) is 5.16 Å². The molecule has 1 N–H and O–H groups in total. The maximum atomic E-state index is 12.7. The number of aliphatic hydroxyl groups is 1. The van der Waals surface area contributed by atoms with E-state index in [4.69, 9.17) is 4.84 Å². The highest BCUT2D eigenvalue weighted by molar-refractivity contribution is 7.98. The fourth-order valence-corrected chi connectivity index (χ4v) is 3.36. The lowest BCUT2D eigenvalue weighted by Crippen LogP contribution is -2.24. The molecule has 0 saturated heterocycles. The number of thioether (sulfide) groups is 1. The summed E-state index contributed by atoms with van der Waals surface area (Å²) >= 11 is 1.68. The van der Waals surface area contributed by atoms with Crippen molar-refractivity contribution in [2.45, 2.75) is 43.4 Å². The van der Waals surface area contributed by atoms with Gasteiger partial charge >= 0.3 is 0 Å². The number of allylic oxidation sites excluding steroid dienone is 2. The highest BCUT2D eigenvalue weighted by Crippen LogP contribution is 2.35. The van der Waals surface area contributed by atoms with Gasteiger partial charge in [-0.3, -0.25) is 4.79 Å². The number of hydrogen-bond acceptors (Lipinski definition) is 5. The predicted molar refractivity (Wildman–Crippen MR) is 103 cm³/mol. The molecule has 2 rings (SSSR count). The van der Waals surface area contributed by atoms with E-state index in [-0.39, 0.29) is 24.1 Å². The van der Waals surface area contributed by atoms with Gasteiger partial charge in [-0.1, -0.05) is 43.3 Å². The van der Waals surface area contributed by atoms with Gasteiger partial charge in [0.25, 0.3) is 0 Å². The third-order valence-corrected chi connectivity index (χ3v) is 4.91. The smallest absolute Gasteiger partial charge is 0.168 e. The van der Waals surface area contributed by atoms with Crippen LogP contribution >= 0.6 is 11.8 Å². The van der Waals surface area contributed by atoms with Crippen molar-refractivity contribution in [3.8, 4) is 0 Å². The van der Waals surface area contributed by atoms with Crippen molar-refractivity contribution in [1.29, 1.82) is 0 Å². The molecule has 134 valence electrons. The number of aliphatic hydroxyl groups excluding tert-OH is 1. The fraction of sp³-hybridized carbons (Fsp3) is 0.400. The van der Waals surface area contributed by atoms with Gasteiger partial charge in [-0.15, -0.1) is 11.8 Å². The average Bonchev–Trinajstić information content (AvgIpc) is 2.61. The molecule has 0 spiro atoms. The second-order valence-electron chi connectivity index (χ2n) is 6.00. The minimum atomic E-state index is -0.0721. The molecule has 0 saturated carbocycles. The minimum Gasteiger partial charge on any atom is -0.511 e. The molecule has 4 nitrogen and oxygen atoms in total. The summed E-state index contributed by atoms with van der Waals surface area (Å²) < 4.78 is 0. The van der Waals surface area contributed by atoms with Gasteiger partial charge in [-0.05, 0) is 36.3 Å². The van der Waals surface area contributed by atoms with Crippen LogP contribution in [0.25, 0.3) is 0 Å². The van der Waals surface area contributed by atoms with Crippen LogP contribution in [0.3, 0.4) is 0 Å². The van der Waals surface area contributed by atoms with Gasteiger partial charge in [0.1, 0.15) is 12.4 Å². The molecule has 0 fully saturated rings. The second-order valence-corrected chi connectivity index (χ2v) is 6.88. The number of ketones is 1. The molecule has 1 unspecified atom stereocenters. The van der Waals surface area contributed by atoms with Crippen LogP contribution in [0.5, 0.6) is 0 Å². The van der Waals surface area contributed by atoms with Gasteiger partial charge in [-0.2, -0.15) is 0 Å². The minimum absolute atomic E-state index is 0.00382. The van der Waals surface area contributed by atoms with Gasteiger partial charge in [0.15, 0.2) is 5.78 Å². The summed E-state index contributed by atoms with van der Waals surface area (Å²) in [6, 6.07) is 8.17. The van der Waals surface area contributed by atoms with E-state index in [1.807, 2.05) is 37.4 Å². The Balaban J connectivity index is 2.23. The summed E-state index contributed by atoms with van der Waals surface area (Å²) in [4.78, 5) is 19.0. The van der Waals surface area contributed by atoms with Crippen LogP contribution in [0.4, 0.5) is 0 Å². The normalized spacial score (nSPS) is 18.4. The van der Waals surface area contributed by atoms with Gasteiger partial charge in [0.2, 0.25) is 0 Å². The topological polar surface area (TPSA) is 58.9 Å². The van der Waals surface area contributed by atoms with Crippen molar-refractivity contribution in [2.75, 3.05) is 12.9 Å². The third kappa shape index (κ3) is 4.98. The molecule has 0 aromatic heterocycles. The quantitative estimate of drug-likeness (QED) is 0.233. The Kier molecular flexibility index (Phi) is 7.31. The van der Waals surface area contributed by atoms with E-state index in [0.29, 0.717) is 30.5 Å². The van der Waals surface area contributed by atoms with Crippen molar-refractivity contribution < 1.29 is 14.7 Å². The molecule has 1 aromatic rings. The lowest BCUT2D eigenvalue weighted by molar-refractivity contribution is -0.116. The third-order valence-electron chi connectivity index (χ3n) is 4.17.